The quantitative estimate of drug-likeness (QED) is 0.768. The summed E-state index contributed by atoms with van der Waals surface area (Å²) in [6.07, 6.45) is -4.13. The first-order valence-electron chi connectivity index (χ1n) is 4.87. The van der Waals surface area contributed by atoms with Crippen molar-refractivity contribution in [2.45, 2.75) is 20.0 Å². The van der Waals surface area contributed by atoms with E-state index in [1.165, 1.54) is 19.9 Å². The molecule has 0 atom stereocenters. The van der Waals surface area contributed by atoms with E-state index in [1.807, 2.05) is 0 Å². The Kier molecular flexibility index (Phi) is 3.98. The zero-order valence-electron chi connectivity index (χ0n) is 9.30. The summed E-state index contributed by atoms with van der Waals surface area (Å²) < 4.78 is 47.5. The monoisotopic (exact) mass is 248 g/mol. The summed E-state index contributed by atoms with van der Waals surface area (Å²) in [5, 5.41) is 0. The lowest BCUT2D eigenvalue weighted by molar-refractivity contribution is -0.216. The van der Waals surface area contributed by atoms with Crippen molar-refractivity contribution in [3.05, 3.63) is 29.6 Å². The second kappa shape index (κ2) is 5.07. The molecule has 0 N–H and O–H groups in total. The van der Waals surface area contributed by atoms with Gasteiger partial charge in [-0.15, -0.1) is 0 Å². The number of alkyl halides is 2. The van der Waals surface area contributed by atoms with Crippen molar-refractivity contribution in [3.8, 4) is 5.75 Å². The molecule has 0 bridgehead atoms. The molecule has 0 saturated heterocycles. The summed E-state index contributed by atoms with van der Waals surface area (Å²) in [7, 11) is 0. The van der Waals surface area contributed by atoms with Crippen LogP contribution in [0.3, 0.4) is 0 Å². The van der Waals surface area contributed by atoms with Crippen LogP contribution >= 0.6 is 0 Å². The fourth-order valence-electron chi connectivity index (χ4n) is 1.04. The molecule has 0 radical (unpaired) electrons. The average Bonchev–Trinajstić information content (AvgIpc) is 2.23. The Bertz CT molecular complexity index is 418. The van der Waals surface area contributed by atoms with E-state index < -0.39 is 23.6 Å². The zero-order valence-corrected chi connectivity index (χ0v) is 9.30. The first-order chi connectivity index (χ1) is 7.86. The van der Waals surface area contributed by atoms with E-state index in [-0.39, 0.29) is 12.2 Å². The number of halogens is 3. The maximum atomic E-state index is 13.1. The van der Waals surface area contributed by atoms with E-state index >= 15 is 0 Å². The third kappa shape index (κ3) is 3.37. The maximum Gasteiger partial charge on any atom is 0.502 e. The van der Waals surface area contributed by atoms with Gasteiger partial charge >= 0.3 is 12.1 Å². The van der Waals surface area contributed by atoms with Crippen LogP contribution in [-0.4, -0.2) is 18.7 Å². The summed E-state index contributed by atoms with van der Waals surface area (Å²) in [5.74, 6) is -2.94. The number of aryl methyl sites for hydroxylation is 1. The second-order valence-corrected chi connectivity index (χ2v) is 3.25. The van der Waals surface area contributed by atoms with Gasteiger partial charge in [0.2, 0.25) is 0 Å². The fraction of sp³-hybridized carbons (Fsp3) is 0.364. The van der Waals surface area contributed by atoms with Crippen LogP contribution in [0.1, 0.15) is 12.5 Å². The van der Waals surface area contributed by atoms with Gasteiger partial charge in [-0.25, -0.2) is 9.18 Å². The van der Waals surface area contributed by atoms with Gasteiger partial charge in [-0.05, 0) is 25.5 Å². The molecule has 0 aromatic heterocycles. The standard InChI is InChI=1S/C11H11F3O3/c1-3-16-10(15)11(13,14)17-8-5-4-7(2)9(12)6-8/h4-6H,3H2,1-2H3. The smallest absolute Gasteiger partial charge is 0.459 e. The highest BCUT2D eigenvalue weighted by molar-refractivity contribution is 5.76. The van der Waals surface area contributed by atoms with Gasteiger partial charge in [-0.3, -0.25) is 0 Å². The molecule has 1 rings (SSSR count). The Labute approximate surface area is 96.1 Å². The van der Waals surface area contributed by atoms with Crippen molar-refractivity contribution in [2.75, 3.05) is 6.61 Å². The van der Waals surface area contributed by atoms with Crippen LogP contribution in [0.2, 0.25) is 0 Å². The van der Waals surface area contributed by atoms with Gasteiger partial charge in [0, 0.05) is 6.07 Å². The number of esters is 1. The molecule has 0 heterocycles. The molecule has 0 amide bonds. The summed E-state index contributed by atoms with van der Waals surface area (Å²) >= 11 is 0. The topological polar surface area (TPSA) is 35.5 Å². The SMILES string of the molecule is CCOC(=O)C(F)(F)Oc1ccc(C)c(F)c1. The number of ether oxygens (including phenoxy) is 2. The number of carbonyl (C=O) groups is 1. The number of rotatable bonds is 4. The van der Waals surface area contributed by atoms with Crippen LogP contribution in [-0.2, 0) is 9.53 Å². The van der Waals surface area contributed by atoms with Crippen LogP contribution in [0.5, 0.6) is 5.75 Å². The number of hydrogen-bond acceptors (Lipinski definition) is 3. The first kappa shape index (κ1) is 13.3. The molecule has 0 aliphatic carbocycles. The second-order valence-electron chi connectivity index (χ2n) is 3.25. The minimum Gasteiger partial charge on any atom is -0.459 e. The van der Waals surface area contributed by atoms with Crippen molar-refractivity contribution < 1.29 is 27.4 Å². The Balaban J connectivity index is 2.82. The molecule has 0 aliphatic heterocycles. The molecule has 17 heavy (non-hydrogen) atoms. The van der Waals surface area contributed by atoms with E-state index in [1.54, 1.807) is 0 Å². The van der Waals surface area contributed by atoms with Gasteiger partial charge in [-0.1, -0.05) is 6.07 Å². The van der Waals surface area contributed by atoms with Crippen LogP contribution in [0, 0.1) is 12.7 Å². The highest BCUT2D eigenvalue weighted by Crippen LogP contribution is 2.24. The molecule has 3 nitrogen and oxygen atoms in total. The molecule has 1 aromatic carbocycles. The molecule has 0 saturated carbocycles. The Hall–Kier alpha value is -1.72. The van der Waals surface area contributed by atoms with Gasteiger partial charge in [0.05, 0.1) is 6.61 Å². The summed E-state index contributed by atoms with van der Waals surface area (Å²) in [4.78, 5) is 10.8. The van der Waals surface area contributed by atoms with Crippen LogP contribution in [0.4, 0.5) is 13.2 Å². The zero-order chi connectivity index (χ0) is 13.1. The average molecular weight is 248 g/mol. The van der Waals surface area contributed by atoms with Crippen molar-refractivity contribution in [1.82, 2.24) is 0 Å². The molecule has 6 heteroatoms. The Morgan fingerprint density at radius 1 is 1.41 bits per heavy atom. The van der Waals surface area contributed by atoms with Crippen LogP contribution in [0.15, 0.2) is 18.2 Å². The molecular formula is C11H11F3O3. The highest BCUT2D eigenvalue weighted by atomic mass is 19.3. The minimum absolute atomic E-state index is 0.194. The lowest BCUT2D eigenvalue weighted by atomic mass is 10.2. The van der Waals surface area contributed by atoms with Crippen molar-refractivity contribution in [1.29, 1.82) is 0 Å². The molecule has 0 aliphatic rings. The Morgan fingerprint density at radius 3 is 2.59 bits per heavy atom. The van der Waals surface area contributed by atoms with E-state index in [0.717, 1.165) is 12.1 Å². The predicted molar refractivity (Wildman–Crippen MR) is 53.3 cm³/mol. The van der Waals surface area contributed by atoms with Gasteiger partial charge in [0.15, 0.2) is 0 Å². The molecule has 0 fully saturated rings. The summed E-state index contributed by atoms with van der Waals surface area (Å²) in [5.41, 5.74) is 0.289. The van der Waals surface area contributed by atoms with E-state index in [2.05, 4.69) is 9.47 Å². The predicted octanol–water partition coefficient (Wildman–Crippen LogP) is 2.67. The van der Waals surface area contributed by atoms with Gasteiger partial charge < -0.3 is 9.47 Å². The number of carbonyl (C=O) groups excluding carboxylic acids is 1. The van der Waals surface area contributed by atoms with Gasteiger partial charge in [0.1, 0.15) is 11.6 Å². The van der Waals surface area contributed by atoms with Gasteiger partial charge in [0.25, 0.3) is 0 Å². The fourth-order valence-corrected chi connectivity index (χ4v) is 1.04. The Morgan fingerprint density at radius 2 is 2.06 bits per heavy atom. The van der Waals surface area contributed by atoms with Gasteiger partial charge in [-0.2, -0.15) is 8.78 Å². The lowest BCUT2D eigenvalue weighted by Gasteiger charge is -2.16. The van der Waals surface area contributed by atoms with Crippen molar-refractivity contribution in [2.24, 2.45) is 0 Å². The normalized spacial score (nSPS) is 11.1. The third-order valence-electron chi connectivity index (χ3n) is 1.90. The largest absolute Gasteiger partial charge is 0.502 e. The number of benzene rings is 1. The summed E-state index contributed by atoms with van der Waals surface area (Å²) in [6.45, 7) is 2.67. The van der Waals surface area contributed by atoms with E-state index in [4.69, 9.17) is 0 Å². The van der Waals surface area contributed by atoms with Crippen LogP contribution in [0.25, 0.3) is 0 Å². The molecule has 0 spiro atoms. The first-order valence-corrected chi connectivity index (χ1v) is 4.87. The van der Waals surface area contributed by atoms with E-state index in [9.17, 15) is 18.0 Å². The minimum atomic E-state index is -4.13. The van der Waals surface area contributed by atoms with E-state index in [0.29, 0.717) is 0 Å². The third-order valence-corrected chi connectivity index (χ3v) is 1.90. The lowest BCUT2D eigenvalue weighted by Crippen LogP contribution is -2.36. The van der Waals surface area contributed by atoms with Crippen LogP contribution < -0.4 is 4.74 Å². The maximum absolute atomic E-state index is 13.1. The molecule has 1 aromatic rings. The van der Waals surface area contributed by atoms with Crippen molar-refractivity contribution in [3.63, 3.8) is 0 Å². The molecule has 94 valence electrons. The number of hydrogen-bond donors (Lipinski definition) is 0. The molecule has 0 unspecified atom stereocenters. The molecular weight excluding hydrogens is 237 g/mol. The van der Waals surface area contributed by atoms with Crippen molar-refractivity contribution >= 4 is 5.97 Å². The highest BCUT2D eigenvalue weighted by Gasteiger charge is 2.44. The summed E-state index contributed by atoms with van der Waals surface area (Å²) in [6, 6.07) is 3.19.